The van der Waals surface area contributed by atoms with Crippen molar-refractivity contribution in [2.24, 2.45) is 7.05 Å². The van der Waals surface area contributed by atoms with Crippen molar-refractivity contribution in [2.45, 2.75) is 13.0 Å². The molecule has 27 heavy (non-hydrogen) atoms. The van der Waals surface area contributed by atoms with Gasteiger partial charge in [0.15, 0.2) is 0 Å². The van der Waals surface area contributed by atoms with Gasteiger partial charge in [-0.1, -0.05) is 17.3 Å². The monoisotopic (exact) mass is 357 g/mol. The molecular weight excluding hydrogens is 338 g/mol. The number of nitrogens with one attached hydrogen (secondary N) is 1. The maximum absolute atomic E-state index is 4.50. The van der Waals surface area contributed by atoms with E-state index >= 15 is 0 Å². The van der Waals surface area contributed by atoms with Gasteiger partial charge in [-0.2, -0.15) is 0 Å². The van der Waals surface area contributed by atoms with Gasteiger partial charge in [0.2, 0.25) is 0 Å². The zero-order valence-electron chi connectivity index (χ0n) is 15.1. The standard InChI is InChI=1S/C20H19N7/c1-14-20(27(2)26-25-14)15-9-12-23-18(13-15)24-19(16-7-3-5-10-21-16)17-8-4-6-11-22-17/h3-13,19H,1-2H3,(H,23,24). The molecule has 0 aliphatic heterocycles. The second kappa shape index (κ2) is 7.33. The van der Waals surface area contributed by atoms with Crippen LogP contribution in [0.1, 0.15) is 23.1 Å². The van der Waals surface area contributed by atoms with Crippen LogP contribution in [-0.4, -0.2) is 29.9 Å². The largest absolute Gasteiger partial charge is 0.356 e. The lowest BCUT2D eigenvalue weighted by atomic mass is 10.1. The predicted octanol–water partition coefficient (Wildman–Crippen LogP) is 3.18. The summed E-state index contributed by atoms with van der Waals surface area (Å²) in [6, 6.07) is 15.4. The van der Waals surface area contributed by atoms with E-state index in [1.807, 2.05) is 62.5 Å². The Bertz CT molecular complexity index is 970. The minimum absolute atomic E-state index is 0.207. The quantitative estimate of drug-likeness (QED) is 0.591. The first kappa shape index (κ1) is 16.8. The van der Waals surface area contributed by atoms with Gasteiger partial charge in [-0.25, -0.2) is 9.67 Å². The van der Waals surface area contributed by atoms with Crippen LogP contribution in [0.15, 0.2) is 67.1 Å². The lowest BCUT2D eigenvalue weighted by molar-refractivity contribution is 0.719. The van der Waals surface area contributed by atoms with Crippen LogP contribution in [0.3, 0.4) is 0 Å². The number of aryl methyl sites for hydroxylation is 2. The zero-order chi connectivity index (χ0) is 18.6. The molecule has 0 fully saturated rings. The minimum Gasteiger partial charge on any atom is -0.356 e. The topological polar surface area (TPSA) is 81.4 Å². The Morgan fingerprint density at radius 2 is 1.59 bits per heavy atom. The Balaban J connectivity index is 1.71. The van der Waals surface area contributed by atoms with E-state index in [1.165, 1.54) is 0 Å². The molecule has 0 amide bonds. The van der Waals surface area contributed by atoms with E-state index in [-0.39, 0.29) is 6.04 Å². The number of rotatable bonds is 5. The molecule has 0 unspecified atom stereocenters. The highest BCUT2D eigenvalue weighted by molar-refractivity contribution is 5.65. The smallest absolute Gasteiger partial charge is 0.127 e. The van der Waals surface area contributed by atoms with Crippen molar-refractivity contribution in [1.82, 2.24) is 29.9 Å². The Morgan fingerprint density at radius 3 is 2.15 bits per heavy atom. The van der Waals surface area contributed by atoms with E-state index in [9.17, 15) is 0 Å². The van der Waals surface area contributed by atoms with Gasteiger partial charge in [0.25, 0.3) is 0 Å². The molecule has 1 N–H and O–H groups in total. The highest BCUT2D eigenvalue weighted by atomic mass is 15.4. The summed E-state index contributed by atoms with van der Waals surface area (Å²) in [6.45, 7) is 1.94. The number of hydrogen-bond donors (Lipinski definition) is 1. The zero-order valence-corrected chi connectivity index (χ0v) is 15.1. The second-order valence-electron chi connectivity index (χ2n) is 6.16. The third-order valence-corrected chi connectivity index (χ3v) is 4.29. The summed E-state index contributed by atoms with van der Waals surface area (Å²) in [5, 5.41) is 11.7. The summed E-state index contributed by atoms with van der Waals surface area (Å²) in [5.41, 5.74) is 4.59. The van der Waals surface area contributed by atoms with Crippen LogP contribution in [-0.2, 0) is 7.05 Å². The first-order chi connectivity index (χ1) is 13.2. The van der Waals surface area contributed by atoms with Crippen molar-refractivity contribution in [3.8, 4) is 11.3 Å². The van der Waals surface area contributed by atoms with Gasteiger partial charge in [0.05, 0.1) is 22.8 Å². The molecule has 0 radical (unpaired) electrons. The summed E-state index contributed by atoms with van der Waals surface area (Å²) in [7, 11) is 1.88. The van der Waals surface area contributed by atoms with Crippen LogP contribution >= 0.6 is 0 Å². The Labute approximate surface area is 157 Å². The number of aromatic nitrogens is 6. The van der Waals surface area contributed by atoms with Gasteiger partial charge in [-0.3, -0.25) is 9.97 Å². The molecule has 7 nitrogen and oxygen atoms in total. The molecule has 0 spiro atoms. The predicted molar refractivity (Wildman–Crippen MR) is 103 cm³/mol. The Morgan fingerprint density at radius 1 is 0.889 bits per heavy atom. The summed E-state index contributed by atoms with van der Waals surface area (Å²) >= 11 is 0. The van der Waals surface area contributed by atoms with Gasteiger partial charge >= 0.3 is 0 Å². The van der Waals surface area contributed by atoms with Gasteiger partial charge in [0, 0.05) is 31.2 Å². The van der Waals surface area contributed by atoms with E-state index in [2.05, 4.69) is 30.6 Å². The average molecular weight is 357 g/mol. The normalized spacial score (nSPS) is 10.9. The molecule has 0 bridgehead atoms. The number of hydrogen-bond acceptors (Lipinski definition) is 6. The summed E-state index contributed by atoms with van der Waals surface area (Å²) < 4.78 is 1.77. The van der Waals surface area contributed by atoms with Gasteiger partial charge < -0.3 is 5.32 Å². The number of nitrogens with zero attached hydrogens (tertiary/aromatic N) is 6. The van der Waals surface area contributed by atoms with Crippen LogP contribution in [0.2, 0.25) is 0 Å². The first-order valence-corrected chi connectivity index (χ1v) is 8.63. The fraction of sp³-hybridized carbons (Fsp3) is 0.150. The molecule has 4 heterocycles. The van der Waals surface area contributed by atoms with Crippen LogP contribution in [0.4, 0.5) is 5.82 Å². The van der Waals surface area contributed by atoms with E-state index in [1.54, 1.807) is 23.3 Å². The summed E-state index contributed by atoms with van der Waals surface area (Å²) in [4.78, 5) is 13.5. The highest BCUT2D eigenvalue weighted by Gasteiger charge is 2.18. The minimum atomic E-state index is -0.207. The molecule has 0 aliphatic carbocycles. The van der Waals surface area contributed by atoms with E-state index in [0.717, 1.165) is 34.2 Å². The third kappa shape index (κ3) is 3.52. The number of anilines is 1. The van der Waals surface area contributed by atoms with E-state index < -0.39 is 0 Å². The summed E-state index contributed by atoms with van der Waals surface area (Å²) in [5.74, 6) is 0.731. The molecule has 0 aliphatic rings. The van der Waals surface area contributed by atoms with Gasteiger partial charge in [-0.05, 0) is 43.3 Å². The maximum atomic E-state index is 4.50. The van der Waals surface area contributed by atoms with E-state index in [4.69, 9.17) is 0 Å². The van der Waals surface area contributed by atoms with Crippen molar-refractivity contribution in [1.29, 1.82) is 0 Å². The molecule has 0 saturated carbocycles. The van der Waals surface area contributed by atoms with Crippen molar-refractivity contribution in [3.63, 3.8) is 0 Å². The molecule has 0 atom stereocenters. The molecule has 4 aromatic rings. The number of pyridine rings is 3. The molecule has 4 aromatic heterocycles. The van der Waals surface area contributed by atoms with Crippen molar-refractivity contribution in [3.05, 3.63) is 84.2 Å². The van der Waals surface area contributed by atoms with Crippen molar-refractivity contribution < 1.29 is 0 Å². The Kier molecular flexibility index (Phi) is 4.57. The van der Waals surface area contributed by atoms with Gasteiger partial charge in [-0.15, -0.1) is 5.10 Å². The molecule has 7 heteroatoms. The average Bonchev–Trinajstić information content (AvgIpc) is 3.06. The fourth-order valence-corrected chi connectivity index (χ4v) is 3.05. The van der Waals surface area contributed by atoms with Crippen molar-refractivity contribution >= 4 is 5.82 Å². The fourth-order valence-electron chi connectivity index (χ4n) is 3.05. The second-order valence-corrected chi connectivity index (χ2v) is 6.16. The van der Waals surface area contributed by atoms with Crippen LogP contribution < -0.4 is 5.32 Å². The van der Waals surface area contributed by atoms with E-state index in [0.29, 0.717) is 0 Å². The van der Waals surface area contributed by atoms with Crippen LogP contribution in [0.25, 0.3) is 11.3 Å². The lowest BCUT2D eigenvalue weighted by Crippen LogP contribution is -2.16. The van der Waals surface area contributed by atoms with Gasteiger partial charge in [0.1, 0.15) is 11.9 Å². The third-order valence-electron chi connectivity index (χ3n) is 4.29. The van der Waals surface area contributed by atoms with Crippen LogP contribution in [0.5, 0.6) is 0 Å². The SMILES string of the molecule is Cc1nnn(C)c1-c1ccnc(NC(c2ccccn2)c2ccccn2)c1. The molecular formula is C20H19N7. The summed E-state index contributed by atoms with van der Waals surface area (Å²) in [6.07, 6.45) is 5.33. The molecule has 4 rings (SSSR count). The lowest BCUT2D eigenvalue weighted by Gasteiger charge is -2.19. The molecule has 0 aromatic carbocycles. The highest BCUT2D eigenvalue weighted by Crippen LogP contribution is 2.26. The van der Waals surface area contributed by atoms with Crippen LogP contribution in [0, 0.1) is 6.92 Å². The molecule has 134 valence electrons. The maximum Gasteiger partial charge on any atom is 0.127 e. The van der Waals surface area contributed by atoms with Crippen molar-refractivity contribution in [2.75, 3.05) is 5.32 Å². The Hall–Kier alpha value is -3.61. The molecule has 0 saturated heterocycles. The first-order valence-electron chi connectivity index (χ1n) is 8.63.